The number of hydrazine groups is 1. The van der Waals surface area contributed by atoms with Gasteiger partial charge in [-0.1, -0.05) is 24.5 Å². The summed E-state index contributed by atoms with van der Waals surface area (Å²) >= 11 is 0. The lowest BCUT2D eigenvalue weighted by molar-refractivity contribution is -0.113. The van der Waals surface area contributed by atoms with Gasteiger partial charge in [0, 0.05) is 6.04 Å². The van der Waals surface area contributed by atoms with Crippen molar-refractivity contribution in [1.82, 2.24) is 10.5 Å². The summed E-state index contributed by atoms with van der Waals surface area (Å²) in [6.07, 6.45) is 6.51. The second-order valence-corrected chi connectivity index (χ2v) is 3.56. The fourth-order valence-corrected chi connectivity index (χ4v) is 2.00. The Bertz CT molecular complexity index is 212. The van der Waals surface area contributed by atoms with Gasteiger partial charge in [0.15, 0.2) is 12.5 Å². The van der Waals surface area contributed by atoms with Crippen molar-refractivity contribution < 1.29 is 4.79 Å². The number of carbonyl (C=O) groups excluding carboxylic acids is 1. The molecule has 1 fully saturated rings. The van der Waals surface area contributed by atoms with Gasteiger partial charge in [-0.25, -0.2) is 5.53 Å². The molecule has 0 amide bonds. The fourth-order valence-electron chi connectivity index (χ4n) is 2.00. The molecule has 0 spiro atoms. The first kappa shape index (κ1) is 8.62. The van der Waals surface area contributed by atoms with E-state index in [0.29, 0.717) is 6.04 Å². The van der Waals surface area contributed by atoms with Crippen molar-refractivity contribution in [3.8, 4) is 0 Å². The van der Waals surface area contributed by atoms with Crippen molar-refractivity contribution in [3.05, 3.63) is 0 Å². The van der Waals surface area contributed by atoms with Gasteiger partial charge in [0.05, 0.1) is 0 Å². The molecule has 0 saturated heterocycles. The Labute approximate surface area is 77.1 Å². The molecular formula is C8H14N4O. The molecular weight excluding hydrogens is 168 g/mol. The van der Waals surface area contributed by atoms with Gasteiger partial charge in [-0.3, -0.25) is 4.79 Å². The van der Waals surface area contributed by atoms with Crippen molar-refractivity contribution in [3.63, 3.8) is 0 Å². The van der Waals surface area contributed by atoms with Gasteiger partial charge >= 0.3 is 0 Å². The van der Waals surface area contributed by atoms with E-state index in [4.69, 9.17) is 0 Å². The van der Waals surface area contributed by atoms with Gasteiger partial charge in [0.25, 0.3) is 0 Å². The van der Waals surface area contributed by atoms with Crippen molar-refractivity contribution in [2.24, 2.45) is 10.3 Å². The Morgan fingerprint density at radius 1 is 1.31 bits per heavy atom. The summed E-state index contributed by atoms with van der Waals surface area (Å²) in [6, 6.07) is 0.430. The molecule has 1 aliphatic carbocycles. The number of nitrogens with zero attached hydrogens (tertiary/aromatic N) is 3. The summed E-state index contributed by atoms with van der Waals surface area (Å²) < 4.78 is 0. The van der Waals surface area contributed by atoms with Crippen LogP contribution in [-0.4, -0.2) is 23.5 Å². The second-order valence-electron chi connectivity index (χ2n) is 3.56. The third-order valence-electron chi connectivity index (χ3n) is 2.71. The maximum absolute atomic E-state index is 10.6. The Balaban J connectivity index is 1.95. The van der Waals surface area contributed by atoms with E-state index < -0.39 is 6.17 Å². The zero-order chi connectivity index (χ0) is 9.10. The van der Waals surface area contributed by atoms with Crippen LogP contribution >= 0.6 is 0 Å². The third-order valence-corrected chi connectivity index (χ3v) is 2.71. The highest BCUT2D eigenvalue weighted by Crippen LogP contribution is 2.24. The van der Waals surface area contributed by atoms with Crippen LogP contribution < -0.4 is 5.53 Å². The summed E-state index contributed by atoms with van der Waals surface area (Å²) in [5, 5.41) is 9.31. The van der Waals surface area contributed by atoms with Crippen LogP contribution in [0.5, 0.6) is 0 Å². The zero-order valence-corrected chi connectivity index (χ0v) is 7.52. The highest BCUT2D eigenvalue weighted by atomic mass is 16.1. The average molecular weight is 182 g/mol. The number of hydrogen-bond acceptors (Lipinski definition) is 5. The molecule has 1 unspecified atom stereocenters. The molecule has 1 aliphatic heterocycles. The van der Waals surface area contributed by atoms with Gasteiger partial charge < -0.3 is 0 Å². The molecule has 0 bridgehead atoms. The first-order valence-electron chi connectivity index (χ1n) is 4.81. The SMILES string of the molecule is O=CC1N=NNN1C1CCCCC1. The number of carbonyl (C=O) groups is 1. The lowest BCUT2D eigenvalue weighted by Gasteiger charge is -2.30. The van der Waals surface area contributed by atoms with Crippen molar-refractivity contribution in [1.29, 1.82) is 0 Å². The predicted octanol–water partition coefficient (Wildman–Crippen LogP) is 1.03. The lowest BCUT2D eigenvalue weighted by Crippen LogP contribution is -2.46. The molecule has 72 valence electrons. The molecule has 1 saturated carbocycles. The zero-order valence-electron chi connectivity index (χ0n) is 7.52. The molecule has 1 N–H and O–H groups in total. The first-order chi connectivity index (χ1) is 6.42. The Morgan fingerprint density at radius 3 is 2.77 bits per heavy atom. The van der Waals surface area contributed by atoms with E-state index in [2.05, 4.69) is 15.9 Å². The van der Waals surface area contributed by atoms with E-state index in [1.807, 2.05) is 5.01 Å². The van der Waals surface area contributed by atoms with E-state index in [1.165, 1.54) is 19.3 Å². The normalized spacial score (nSPS) is 30.3. The quantitative estimate of drug-likeness (QED) is 0.649. The summed E-state index contributed by atoms with van der Waals surface area (Å²) in [5.41, 5.74) is 2.79. The number of rotatable bonds is 2. The molecule has 0 aromatic heterocycles. The fraction of sp³-hybridized carbons (Fsp3) is 0.875. The number of nitrogens with one attached hydrogen (secondary N) is 1. The summed E-state index contributed by atoms with van der Waals surface area (Å²) in [5.74, 6) is 0. The molecule has 5 nitrogen and oxygen atoms in total. The minimum atomic E-state index is -0.400. The van der Waals surface area contributed by atoms with Gasteiger partial charge in [0.2, 0.25) is 0 Å². The molecule has 1 atom stereocenters. The second kappa shape index (κ2) is 3.83. The van der Waals surface area contributed by atoms with Crippen LogP contribution in [0, 0.1) is 0 Å². The number of aldehydes is 1. The molecule has 2 aliphatic rings. The molecule has 0 aromatic carbocycles. The van der Waals surface area contributed by atoms with Gasteiger partial charge in [-0.2, -0.15) is 5.01 Å². The maximum atomic E-state index is 10.6. The van der Waals surface area contributed by atoms with Crippen LogP contribution in [0.3, 0.4) is 0 Å². The van der Waals surface area contributed by atoms with Crippen LogP contribution in [0.4, 0.5) is 0 Å². The lowest BCUT2D eigenvalue weighted by atomic mass is 9.95. The standard InChI is InChI=1S/C8H14N4O/c13-6-8-9-10-11-12(8)7-4-2-1-3-5-7/h6-8H,1-5H2,(H,9,11). The van der Waals surface area contributed by atoms with Crippen molar-refractivity contribution >= 4 is 6.29 Å². The topological polar surface area (TPSA) is 57.1 Å². The minimum absolute atomic E-state index is 0.400. The molecule has 1 heterocycles. The number of hydrogen-bond donors (Lipinski definition) is 1. The summed E-state index contributed by atoms with van der Waals surface area (Å²) in [6.45, 7) is 0. The summed E-state index contributed by atoms with van der Waals surface area (Å²) in [4.78, 5) is 10.6. The third kappa shape index (κ3) is 1.70. The highest BCUT2D eigenvalue weighted by molar-refractivity contribution is 5.57. The average Bonchev–Trinajstić information content (AvgIpc) is 2.67. The Kier molecular flexibility index (Phi) is 2.54. The summed E-state index contributed by atoms with van der Waals surface area (Å²) in [7, 11) is 0. The van der Waals surface area contributed by atoms with Crippen molar-refractivity contribution in [2.75, 3.05) is 0 Å². The first-order valence-corrected chi connectivity index (χ1v) is 4.81. The van der Waals surface area contributed by atoms with E-state index in [0.717, 1.165) is 19.1 Å². The minimum Gasteiger partial charge on any atom is -0.299 e. The van der Waals surface area contributed by atoms with Crippen LogP contribution in [-0.2, 0) is 4.79 Å². The molecule has 0 aromatic rings. The Hall–Kier alpha value is -0.970. The van der Waals surface area contributed by atoms with Crippen LogP contribution in [0.25, 0.3) is 0 Å². The molecule has 5 heteroatoms. The molecule has 13 heavy (non-hydrogen) atoms. The molecule has 0 radical (unpaired) electrons. The highest BCUT2D eigenvalue weighted by Gasteiger charge is 2.30. The van der Waals surface area contributed by atoms with Crippen molar-refractivity contribution in [2.45, 2.75) is 44.3 Å². The Morgan fingerprint density at radius 2 is 2.08 bits per heavy atom. The van der Waals surface area contributed by atoms with Gasteiger partial charge in [-0.05, 0) is 12.8 Å². The van der Waals surface area contributed by atoms with Gasteiger partial charge in [-0.15, -0.1) is 5.11 Å². The monoisotopic (exact) mass is 182 g/mol. The largest absolute Gasteiger partial charge is 0.299 e. The molecule has 2 rings (SSSR count). The van der Waals surface area contributed by atoms with E-state index in [-0.39, 0.29) is 0 Å². The van der Waals surface area contributed by atoms with E-state index in [9.17, 15) is 4.79 Å². The van der Waals surface area contributed by atoms with E-state index >= 15 is 0 Å². The van der Waals surface area contributed by atoms with Crippen LogP contribution in [0.15, 0.2) is 10.3 Å². The predicted molar refractivity (Wildman–Crippen MR) is 46.6 cm³/mol. The maximum Gasteiger partial charge on any atom is 0.199 e. The van der Waals surface area contributed by atoms with Crippen LogP contribution in [0.2, 0.25) is 0 Å². The van der Waals surface area contributed by atoms with Gasteiger partial charge in [0.1, 0.15) is 0 Å². The van der Waals surface area contributed by atoms with Crippen LogP contribution in [0.1, 0.15) is 32.1 Å². The van der Waals surface area contributed by atoms with E-state index in [1.54, 1.807) is 0 Å². The smallest absolute Gasteiger partial charge is 0.199 e.